The molecule has 100 valence electrons. The topological polar surface area (TPSA) is 28.2 Å². The zero-order valence-corrected chi connectivity index (χ0v) is 11.7. The molecular formula is C15H25N3. The average molecular weight is 247 g/mol. The van der Waals surface area contributed by atoms with Crippen molar-refractivity contribution in [3.8, 4) is 0 Å². The summed E-state index contributed by atoms with van der Waals surface area (Å²) in [5.41, 5.74) is 1.80. The maximum atomic E-state index is 4.18. The SMILES string of the molecule is CNCC1(CN(C)Cc2cccnc2)CCCC1. The Bertz CT molecular complexity index is 344. The van der Waals surface area contributed by atoms with Gasteiger partial charge in [-0.15, -0.1) is 0 Å². The average Bonchev–Trinajstić information content (AvgIpc) is 2.79. The zero-order chi connectivity index (χ0) is 12.8. The third-order valence-corrected chi connectivity index (χ3v) is 4.00. The summed E-state index contributed by atoms with van der Waals surface area (Å²) >= 11 is 0. The summed E-state index contributed by atoms with van der Waals surface area (Å²) in [6, 6.07) is 4.17. The highest BCUT2D eigenvalue weighted by Gasteiger charge is 2.34. The van der Waals surface area contributed by atoms with E-state index in [9.17, 15) is 0 Å². The zero-order valence-electron chi connectivity index (χ0n) is 11.7. The third kappa shape index (κ3) is 3.53. The van der Waals surface area contributed by atoms with Gasteiger partial charge in [-0.3, -0.25) is 4.98 Å². The van der Waals surface area contributed by atoms with E-state index in [0.29, 0.717) is 5.41 Å². The predicted octanol–water partition coefficient (Wildman–Crippen LogP) is 2.29. The fourth-order valence-corrected chi connectivity index (χ4v) is 3.32. The number of aromatic nitrogens is 1. The molecule has 0 aromatic carbocycles. The largest absolute Gasteiger partial charge is 0.319 e. The van der Waals surface area contributed by atoms with Gasteiger partial charge in [0, 0.05) is 32.0 Å². The molecule has 1 aliphatic carbocycles. The van der Waals surface area contributed by atoms with Crippen LogP contribution in [0.2, 0.25) is 0 Å². The standard InChI is InChI=1S/C15H25N3/c1-16-12-15(7-3-4-8-15)13-18(2)11-14-6-5-9-17-10-14/h5-6,9-10,16H,3-4,7-8,11-13H2,1-2H3. The summed E-state index contributed by atoms with van der Waals surface area (Å²) in [5, 5.41) is 3.38. The molecule has 0 aliphatic heterocycles. The highest BCUT2D eigenvalue weighted by atomic mass is 15.1. The maximum Gasteiger partial charge on any atom is 0.0312 e. The van der Waals surface area contributed by atoms with Crippen LogP contribution in [0.3, 0.4) is 0 Å². The molecule has 0 radical (unpaired) electrons. The molecule has 1 fully saturated rings. The Morgan fingerprint density at radius 3 is 2.78 bits per heavy atom. The number of nitrogens with one attached hydrogen (secondary N) is 1. The van der Waals surface area contributed by atoms with Crippen molar-refractivity contribution in [2.24, 2.45) is 5.41 Å². The van der Waals surface area contributed by atoms with E-state index in [1.54, 1.807) is 0 Å². The monoisotopic (exact) mass is 247 g/mol. The van der Waals surface area contributed by atoms with Gasteiger partial charge in [-0.2, -0.15) is 0 Å². The van der Waals surface area contributed by atoms with Gasteiger partial charge < -0.3 is 10.2 Å². The summed E-state index contributed by atoms with van der Waals surface area (Å²) in [7, 11) is 4.30. The molecule has 1 N–H and O–H groups in total. The van der Waals surface area contributed by atoms with Gasteiger partial charge >= 0.3 is 0 Å². The van der Waals surface area contributed by atoms with E-state index in [0.717, 1.165) is 13.1 Å². The summed E-state index contributed by atoms with van der Waals surface area (Å²) in [4.78, 5) is 6.63. The van der Waals surface area contributed by atoms with Crippen LogP contribution in [0.25, 0.3) is 0 Å². The molecule has 1 aromatic rings. The van der Waals surface area contributed by atoms with E-state index in [2.05, 4.69) is 35.4 Å². The van der Waals surface area contributed by atoms with E-state index in [4.69, 9.17) is 0 Å². The van der Waals surface area contributed by atoms with E-state index >= 15 is 0 Å². The first-order chi connectivity index (χ1) is 8.74. The van der Waals surface area contributed by atoms with Crippen molar-refractivity contribution in [3.05, 3.63) is 30.1 Å². The van der Waals surface area contributed by atoms with Gasteiger partial charge in [0.2, 0.25) is 0 Å². The van der Waals surface area contributed by atoms with Crippen LogP contribution >= 0.6 is 0 Å². The number of pyridine rings is 1. The Labute approximate surface area is 111 Å². The Kier molecular flexibility index (Phi) is 4.72. The van der Waals surface area contributed by atoms with Crippen molar-refractivity contribution < 1.29 is 0 Å². The van der Waals surface area contributed by atoms with Crippen molar-refractivity contribution in [1.29, 1.82) is 0 Å². The van der Waals surface area contributed by atoms with Crippen LogP contribution in [-0.4, -0.2) is 37.1 Å². The van der Waals surface area contributed by atoms with Crippen LogP contribution in [0.4, 0.5) is 0 Å². The van der Waals surface area contributed by atoms with Gasteiger partial charge in [-0.25, -0.2) is 0 Å². The molecule has 1 aromatic heterocycles. The highest BCUT2D eigenvalue weighted by Crippen LogP contribution is 2.38. The van der Waals surface area contributed by atoms with Crippen molar-refractivity contribution in [2.45, 2.75) is 32.2 Å². The molecule has 3 heteroatoms. The van der Waals surface area contributed by atoms with Crippen molar-refractivity contribution in [1.82, 2.24) is 15.2 Å². The molecule has 0 spiro atoms. The smallest absolute Gasteiger partial charge is 0.0312 e. The Morgan fingerprint density at radius 1 is 1.39 bits per heavy atom. The molecule has 1 aliphatic rings. The Morgan fingerprint density at radius 2 is 2.17 bits per heavy atom. The second-order valence-corrected chi connectivity index (χ2v) is 5.77. The van der Waals surface area contributed by atoms with Crippen molar-refractivity contribution in [3.63, 3.8) is 0 Å². The molecule has 2 rings (SSSR count). The van der Waals surface area contributed by atoms with Crippen molar-refractivity contribution in [2.75, 3.05) is 27.2 Å². The predicted molar refractivity (Wildman–Crippen MR) is 75.4 cm³/mol. The van der Waals surface area contributed by atoms with Gasteiger partial charge in [0.05, 0.1) is 0 Å². The summed E-state index contributed by atoms with van der Waals surface area (Å²) in [6.07, 6.45) is 9.32. The molecule has 3 nitrogen and oxygen atoms in total. The van der Waals surface area contributed by atoms with Crippen molar-refractivity contribution >= 4 is 0 Å². The minimum absolute atomic E-state index is 0.492. The lowest BCUT2D eigenvalue weighted by molar-refractivity contribution is 0.170. The second kappa shape index (κ2) is 6.30. The summed E-state index contributed by atoms with van der Waals surface area (Å²) in [5.74, 6) is 0. The number of hydrogen-bond acceptors (Lipinski definition) is 3. The number of hydrogen-bond donors (Lipinski definition) is 1. The second-order valence-electron chi connectivity index (χ2n) is 5.77. The van der Waals surface area contributed by atoms with Crippen LogP contribution in [0.1, 0.15) is 31.2 Å². The van der Waals surface area contributed by atoms with Gasteiger partial charge in [0.1, 0.15) is 0 Å². The molecule has 0 unspecified atom stereocenters. The van der Waals surface area contributed by atoms with E-state index in [-0.39, 0.29) is 0 Å². The Balaban J connectivity index is 1.91. The fourth-order valence-electron chi connectivity index (χ4n) is 3.32. The lowest BCUT2D eigenvalue weighted by Gasteiger charge is -2.33. The van der Waals surface area contributed by atoms with E-state index in [1.807, 2.05) is 18.5 Å². The minimum Gasteiger partial charge on any atom is -0.319 e. The molecule has 0 bridgehead atoms. The molecule has 0 amide bonds. The fraction of sp³-hybridized carbons (Fsp3) is 0.667. The third-order valence-electron chi connectivity index (χ3n) is 4.00. The normalized spacial score (nSPS) is 18.4. The van der Waals surface area contributed by atoms with Gasteiger partial charge in [-0.05, 0) is 44.0 Å². The van der Waals surface area contributed by atoms with Crippen LogP contribution in [0.5, 0.6) is 0 Å². The molecule has 1 saturated carbocycles. The summed E-state index contributed by atoms with van der Waals surface area (Å²) < 4.78 is 0. The van der Waals surface area contributed by atoms with Crippen LogP contribution < -0.4 is 5.32 Å². The first kappa shape index (κ1) is 13.5. The Hall–Kier alpha value is -0.930. The first-order valence-electron chi connectivity index (χ1n) is 6.96. The van der Waals surface area contributed by atoms with E-state index < -0.39 is 0 Å². The lowest BCUT2D eigenvalue weighted by Crippen LogP contribution is -2.40. The van der Waals surface area contributed by atoms with Crippen LogP contribution in [0.15, 0.2) is 24.5 Å². The molecule has 18 heavy (non-hydrogen) atoms. The molecule has 1 heterocycles. The van der Waals surface area contributed by atoms with Gasteiger partial charge in [-0.1, -0.05) is 18.9 Å². The number of nitrogens with zero attached hydrogens (tertiary/aromatic N) is 2. The van der Waals surface area contributed by atoms with Crippen LogP contribution in [0, 0.1) is 5.41 Å². The van der Waals surface area contributed by atoms with Gasteiger partial charge in [0.25, 0.3) is 0 Å². The van der Waals surface area contributed by atoms with Crippen LogP contribution in [-0.2, 0) is 6.54 Å². The minimum atomic E-state index is 0.492. The summed E-state index contributed by atoms with van der Waals surface area (Å²) in [6.45, 7) is 3.33. The maximum absolute atomic E-state index is 4.18. The molecule has 0 atom stereocenters. The molecule has 0 saturated heterocycles. The number of rotatable bonds is 6. The molecular weight excluding hydrogens is 222 g/mol. The highest BCUT2D eigenvalue weighted by molar-refractivity contribution is 5.08. The lowest BCUT2D eigenvalue weighted by atomic mass is 9.85. The first-order valence-corrected chi connectivity index (χ1v) is 6.96. The van der Waals surface area contributed by atoms with E-state index in [1.165, 1.54) is 37.8 Å². The van der Waals surface area contributed by atoms with Gasteiger partial charge in [0.15, 0.2) is 0 Å². The quantitative estimate of drug-likeness (QED) is 0.836.